The molecule has 72 valence electrons. The van der Waals surface area contributed by atoms with Crippen molar-refractivity contribution in [3.63, 3.8) is 0 Å². The Morgan fingerprint density at radius 2 is 2.08 bits per heavy atom. The van der Waals surface area contributed by atoms with Gasteiger partial charge in [-0.3, -0.25) is 0 Å². The maximum atomic E-state index is 11.2. The van der Waals surface area contributed by atoms with E-state index in [9.17, 15) is 8.42 Å². The molecule has 1 rings (SSSR count). The Kier molecular flexibility index (Phi) is 3.34. The third kappa shape index (κ3) is 2.10. The van der Waals surface area contributed by atoms with Gasteiger partial charge in [-0.25, -0.2) is 12.7 Å². The second-order valence-corrected chi connectivity index (χ2v) is 5.34. The summed E-state index contributed by atoms with van der Waals surface area (Å²) in [6.07, 6.45) is 0. The molecular weight excluding hydrogens is 202 g/mol. The molecule has 0 amide bonds. The van der Waals surface area contributed by atoms with Gasteiger partial charge in [0, 0.05) is 31.5 Å². The standard InChI is InChI=1S/C6H12ClNO3S/c7-1-2-12(10,11)8-3-6(4-8)5-9/h6,9H,1-5H2. The lowest BCUT2D eigenvalue weighted by molar-refractivity contribution is 0.117. The summed E-state index contributed by atoms with van der Waals surface area (Å²) in [7, 11) is -3.13. The van der Waals surface area contributed by atoms with Crippen molar-refractivity contribution < 1.29 is 13.5 Å². The molecule has 1 fully saturated rings. The van der Waals surface area contributed by atoms with Gasteiger partial charge in [-0.1, -0.05) is 0 Å². The third-order valence-corrected chi connectivity index (χ3v) is 4.13. The summed E-state index contributed by atoms with van der Waals surface area (Å²) in [6, 6.07) is 0. The second kappa shape index (κ2) is 3.91. The van der Waals surface area contributed by atoms with Crippen LogP contribution in [0.5, 0.6) is 0 Å². The van der Waals surface area contributed by atoms with Crippen molar-refractivity contribution >= 4 is 21.6 Å². The number of hydrogen-bond acceptors (Lipinski definition) is 3. The van der Waals surface area contributed by atoms with Crippen LogP contribution in [0.1, 0.15) is 0 Å². The summed E-state index contributed by atoms with van der Waals surface area (Å²) in [5, 5.41) is 8.65. The van der Waals surface area contributed by atoms with Crippen molar-refractivity contribution in [2.75, 3.05) is 31.3 Å². The smallest absolute Gasteiger partial charge is 0.215 e. The highest BCUT2D eigenvalue weighted by molar-refractivity contribution is 7.89. The van der Waals surface area contributed by atoms with Gasteiger partial charge in [0.25, 0.3) is 0 Å². The molecule has 0 aromatic rings. The Morgan fingerprint density at radius 1 is 1.50 bits per heavy atom. The number of rotatable bonds is 4. The van der Waals surface area contributed by atoms with Crippen LogP contribution in [-0.2, 0) is 10.0 Å². The number of alkyl halides is 1. The van der Waals surface area contributed by atoms with Gasteiger partial charge in [-0.2, -0.15) is 0 Å². The molecular formula is C6H12ClNO3S. The first kappa shape index (κ1) is 10.2. The first-order chi connectivity index (χ1) is 5.60. The average molecular weight is 214 g/mol. The third-order valence-electron chi connectivity index (χ3n) is 1.91. The van der Waals surface area contributed by atoms with Crippen LogP contribution in [-0.4, -0.2) is 49.2 Å². The van der Waals surface area contributed by atoms with Crippen molar-refractivity contribution in [3.8, 4) is 0 Å². The van der Waals surface area contributed by atoms with Crippen molar-refractivity contribution in [3.05, 3.63) is 0 Å². The highest BCUT2D eigenvalue weighted by Crippen LogP contribution is 2.18. The van der Waals surface area contributed by atoms with Crippen molar-refractivity contribution in [1.29, 1.82) is 0 Å². The first-order valence-electron chi connectivity index (χ1n) is 3.75. The zero-order chi connectivity index (χ0) is 9.19. The van der Waals surface area contributed by atoms with E-state index in [0.717, 1.165) is 0 Å². The van der Waals surface area contributed by atoms with Crippen LogP contribution in [0, 0.1) is 5.92 Å². The van der Waals surface area contributed by atoms with Crippen LogP contribution in [0.4, 0.5) is 0 Å². The molecule has 0 aliphatic carbocycles. The summed E-state index contributed by atoms with van der Waals surface area (Å²) in [5.74, 6) is 0.241. The van der Waals surface area contributed by atoms with E-state index in [4.69, 9.17) is 16.7 Å². The van der Waals surface area contributed by atoms with Gasteiger partial charge in [0.05, 0.1) is 5.75 Å². The highest BCUT2D eigenvalue weighted by atomic mass is 35.5. The van der Waals surface area contributed by atoms with E-state index < -0.39 is 10.0 Å². The Labute approximate surface area is 77.2 Å². The minimum atomic E-state index is -3.13. The molecule has 1 aliphatic heterocycles. The van der Waals surface area contributed by atoms with E-state index in [2.05, 4.69) is 0 Å². The van der Waals surface area contributed by atoms with Crippen molar-refractivity contribution in [2.45, 2.75) is 0 Å². The quantitative estimate of drug-likeness (QED) is 0.640. The molecule has 0 aromatic heterocycles. The Bertz CT molecular complexity index is 235. The fourth-order valence-corrected chi connectivity index (χ4v) is 3.01. The van der Waals surface area contributed by atoms with E-state index in [1.54, 1.807) is 0 Å². The van der Waals surface area contributed by atoms with Crippen LogP contribution in [0.15, 0.2) is 0 Å². The lowest BCUT2D eigenvalue weighted by Crippen LogP contribution is -2.52. The zero-order valence-electron chi connectivity index (χ0n) is 6.61. The van der Waals surface area contributed by atoms with E-state index >= 15 is 0 Å². The number of hydrogen-bond donors (Lipinski definition) is 1. The monoisotopic (exact) mass is 213 g/mol. The second-order valence-electron chi connectivity index (χ2n) is 2.87. The minimum absolute atomic E-state index is 0.00724. The van der Waals surface area contributed by atoms with Gasteiger partial charge >= 0.3 is 0 Å². The molecule has 0 spiro atoms. The van der Waals surface area contributed by atoms with Crippen molar-refractivity contribution in [2.24, 2.45) is 5.92 Å². The van der Waals surface area contributed by atoms with E-state index in [1.165, 1.54) is 4.31 Å². The summed E-state index contributed by atoms with van der Waals surface area (Å²) < 4.78 is 23.8. The molecule has 1 N–H and O–H groups in total. The molecule has 1 heterocycles. The molecule has 1 saturated heterocycles. The highest BCUT2D eigenvalue weighted by Gasteiger charge is 2.34. The molecule has 12 heavy (non-hydrogen) atoms. The van der Waals surface area contributed by atoms with Crippen LogP contribution >= 0.6 is 11.6 Å². The largest absolute Gasteiger partial charge is 0.396 e. The number of aliphatic hydroxyl groups excluding tert-OH is 1. The lowest BCUT2D eigenvalue weighted by atomic mass is 10.1. The predicted molar refractivity (Wildman–Crippen MR) is 46.7 cm³/mol. The summed E-state index contributed by atoms with van der Waals surface area (Å²) >= 11 is 5.33. The fourth-order valence-electron chi connectivity index (χ4n) is 1.09. The van der Waals surface area contributed by atoms with Gasteiger partial charge in [0.15, 0.2) is 0 Å². The van der Waals surface area contributed by atoms with Crippen LogP contribution < -0.4 is 0 Å². The fraction of sp³-hybridized carbons (Fsp3) is 1.00. The van der Waals surface area contributed by atoms with Gasteiger partial charge in [0.1, 0.15) is 0 Å². The zero-order valence-corrected chi connectivity index (χ0v) is 8.18. The van der Waals surface area contributed by atoms with Crippen molar-refractivity contribution in [1.82, 2.24) is 4.31 Å². The van der Waals surface area contributed by atoms with Gasteiger partial charge < -0.3 is 5.11 Å². The summed E-state index contributed by atoms with van der Waals surface area (Å²) in [6.45, 7) is 0.943. The Morgan fingerprint density at radius 3 is 2.50 bits per heavy atom. The number of sulfonamides is 1. The first-order valence-corrected chi connectivity index (χ1v) is 5.89. The molecule has 4 nitrogen and oxygen atoms in total. The maximum Gasteiger partial charge on any atom is 0.215 e. The van der Waals surface area contributed by atoms with Crippen LogP contribution in [0.3, 0.4) is 0 Å². The van der Waals surface area contributed by atoms with E-state index in [-0.39, 0.29) is 24.2 Å². The molecule has 0 atom stereocenters. The normalized spacial score (nSPS) is 20.8. The molecule has 0 saturated carbocycles. The Balaban J connectivity index is 2.41. The van der Waals surface area contributed by atoms with E-state index in [1.807, 2.05) is 0 Å². The predicted octanol–water partition coefficient (Wildman–Crippen LogP) is -0.521. The molecule has 0 aromatic carbocycles. The molecule has 0 radical (unpaired) electrons. The maximum absolute atomic E-state index is 11.2. The molecule has 0 bridgehead atoms. The lowest BCUT2D eigenvalue weighted by Gasteiger charge is -2.36. The van der Waals surface area contributed by atoms with Gasteiger partial charge in [-0.05, 0) is 0 Å². The number of nitrogens with zero attached hydrogens (tertiary/aromatic N) is 1. The van der Waals surface area contributed by atoms with E-state index in [0.29, 0.717) is 13.1 Å². The Hall–Kier alpha value is 0.160. The van der Waals surface area contributed by atoms with Crippen LogP contribution in [0.2, 0.25) is 0 Å². The molecule has 6 heteroatoms. The molecule has 1 aliphatic rings. The SMILES string of the molecule is O=S(=O)(CCCl)N1CC(CO)C1. The number of aliphatic hydroxyl groups is 1. The summed E-state index contributed by atoms with van der Waals surface area (Å²) in [4.78, 5) is 0. The minimum Gasteiger partial charge on any atom is -0.396 e. The van der Waals surface area contributed by atoms with Crippen LogP contribution in [0.25, 0.3) is 0 Å². The van der Waals surface area contributed by atoms with Gasteiger partial charge in [-0.15, -0.1) is 11.6 Å². The van der Waals surface area contributed by atoms with Gasteiger partial charge in [0.2, 0.25) is 10.0 Å². The average Bonchev–Trinajstić information content (AvgIpc) is 1.83. The topological polar surface area (TPSA) is 57.6 Å². The molecule has 0 unspecified atom stereocenters. The summed E-state index contributed by atoms with van der Waals surface area (Å²) in [5.41, 5.74) is 0. The number of halogens is 1.